The normalized spacial score (nSPS) is 11.0. The summed E-state index contributed by atoms with van der Waals surface area (Å²) in [6.45, 7) is 0.242. The molecule has 8 nitrogen and oxygen atoms in total. The molecular weight excluding hydrogens is 393 g/mol. The van der Waals surface area contributed by atoms with Crippen molar-refractivity contribution in [2.45, 2.75) is 6.61 Å². The quantitative estimate of drug-likeness (QED) is 0.209. The van der Waals surface area contributed by atoms with Gasteiger partial charge in [0.2, 0.25) is 0 Å². The molecule has 0 amide bonds. The van der Waals surface area contributed by atoms with E-state index in [4.69, 9.17) is 15.3 Å². The van der Waals surface area contributed by atoms with Crippen molar-refractivity contribution < 1.29 is 23.7 Å². The Morgan fingerprint density at radius 2 is 1.57 bits per heavy atom. The van der Waals surface area contributed by atoms with Gasteiger partial charge in [-0.1, -0.05) is 17.3 Å². The number of nitro groups is 1. The Hall–Kier alpha value is -4.27. The predicted octanol–water partition coefficient (Wildman–Crippen LogP) is 3.79. The minimum Gasteiger partial charge on any atom is -0.489 e. The van der Waals surface area contributed by atoms with Crippen molar-refractivity contribution in [2.75, 3.05) is 0 Å². The third kappa shape index (κ3) is 5.38. The van der Waals surface area contributed by atoms with Gasteiger partial charge in [0, 0.05) is 17.7 Å². The van der Waals surface area contributed by atoms with Crippen molar-refractivity contribution in [1.29, 1.82) is 0 Å². The first-order valence-corrected chi connectivity index (χ1v) is 8.69. The van der Waals surface area contributed by atoms with E-state index < -0.39 is 10.9 Å². The second kappa shape index (κ2) is 9.28. The van der Waals surface area contributed by atoms with Gasteiger partial charge in [0.1, 0.15) is 18.2 Å². The number of benzene rings is 3. The van der Waals surface area contributed by atoms with Crippen molar-refractivity contribution >= 4 is 17.5 Å². The van der Waals surface area contributed by atoms with Crippen molar-refractivity contribution in [3.8, 4) is 5.75 Å². The molecule has 2 N–H and O–H groups in total. The summed E-state index contributed by atoms with van der Waals surface area (Å²) in [6, 6.07) is 17.5. The van der Waals surface area contributed by atoms with E-state index >= 15 is 0 Å². The summed E-state index contributed by atoms with van der Waals surface area (Å²) in [4.78, 5) is 27.1. The van der Waals surface area contributed by atoms with Gasteiger partial charge < -0.3 is 15.3 Å². The van der Waals surface area contributed by atoms with E-state index in [-0.39, 0.29) is 29.5 Å². The maximum Gasteiger partial charge on any atom is 0.365 e. The van der Waals surface area contributed by atoms with Crippen molar-refractivity contribution in [1.82, 2.24) is 0 Å². The molecular formula is C21H16FN3O5. The maximum absolute atomic E-state index is 12.9. The topological polar surface area (TPSA) is 117 Å². The molecule has 9 heteroatoms. The number of amidine groups is 1. The molecule has 0 fully saturated rings. The summed E-state index contributed by atoms with van der Waals surface area (Å²) in [6.07, 6.45) is 0. The van der Waals surface area contributed by atoms with Crippen LogP contribution in [0.1, 0.15) is 21.5 Å². The van der Waals surface area contributed by atoms with Crippen molar-refractivity contribution in [3.05, 3.63) is 105 Å². The van der Waals surface area contributed by atoms with Gasteiger partial charge in [-0.05, 0) is 54.1 Å². The number of rotatable bonds is 7. The van der Waals surface area contributed by atoms with Crippen LogP contribution in [0.25, 0.3) is 0 Å². The first-order chi connectivity index (χ1) is 14.4. The molecule has 3 rings (SSSR count). The van der Waals surface area contributed by atoms with E-state index in [0.29, 0.717) is 11.3 Å². The molecule has 0 aromatic heterocycles. The Balaban J connectivity index is 1.56. The van der Waals surface area contributed by atoms with Gasteiger partial charge in [-0.15, -0.1) is 0 Å². The van der Waals surface area contributed by atoms with E-state index in [1.54, 1.807) is 24.3 Å². The van der Waals surface area contributed by atoms with Crippen LogP contribution in [0.4, 0.5) is 10.1 Å². The number of nitrogens with zero attached hydrogens (tertiary/aromatic N) is 2. The molecule has 0 aliphatic heterocycles. The Bertz CT molecular complexity index is 1070. The number of ether oxygens (including phenoxy) is 1. The number of hydrogen-bond acceptors (Lipinski definition) is 6. The summed E-state index contributed by atoms with van der Waals surface area (Å²) in [5.41, 5.74) is 7.07. The van der Waals surface area contributed by atoms with E-state index in [9.17, 15) is 19.3 Å². The number of carbonyl (C=O) groups is 1. The van der Waals surface area contributed by atoms with Crippen LogP contribution in [0.15, 0.2) is 78.0 Å². The van der Waals surface area contributed by atoms with E-state index in [1.165, 1.54) is 48.5 Å². The standard InChI is InChI=1S/C21H16FN3O5/c22-17-7-11-19(12-8-17)29-13-14-1-3-16(4-2-14)21(26)30-24-20(23)15-5-9-18(10-6-15)25(27)28/h1-12H,13H2,(H2,23,24). The van der Waals surface area contributed by atoms with Gasteiger partial charge in [-0.3, -0.25) is 10.1 Å². The molecule has 0 saturated heterocycles. The number of oxime groups is 1. The van der Waals surface area contributed by atoms with Crippen LogP contribution in [0.3, 0.4) is 0 Å². The molecule has 3 aromatic carbocycles. The molecule has 0 atom stereocenters. The largest absolute Gasteiger partial charge is 0.489 e. The lowest BCUT2D eigenvalue weighted by Gasteiger charge is -2.07. The fraction of sp³-hybridized carbons (Fsp3) is 0.0476. The molecule has 0 heterocycles. The number of carbonyl (C=O) groups excluding carboxylic acids is 1. The number of nitrogens with two attached hydrogens (primary N) is 1. The van der Waals surface area contributed by atoms with Gasteiger partial charge in [-0.25, -0.2) is 9.18 Å². The Morgan fingerprint density at radius 3 is 2.17 bits per heavy atom. The van der Waals surface area contributed by atoms with Crippen LogP contribution in [0.2, 0.25) is 0 Å². The lowest BCUT2D eigenvalue weighted by Crippen LogP contribution is -2.15. The number of halogens is 1. The third-order valence-electron chi connectivity index (χ3n) is 4.01. The Morgan fingerprint density at radius 1 is 0.967 bits per heavy atom. The molecule has 0 spiro atoms. The second-order valence-corrected chi connectivity index (χ2v) is 6.10. The molecule has 0 aliphatic carbocycles. The Kier molecular flexibility index (Phi) is 6.33. The van der Waals surface area contributed by atoms with Crippen LogP contribution in [0.5, 0.6) is 5.75 Å². The minimum absolute atomic E-state index is 0.0907. The van der Waals surface area contributed by atoms with Crippen molar-refractivity contribution in [3.63, 3.8) is 0 Å². The average molecular weight is 409 g/mol. The lowest BCUT2D eigenvalue weighted by molar-refractivity contribution is -0.384. The van der Waals surface area contributed by atoms with Gasteiger partial charge in [0.05, 0.1) is 10.5 Å². The molecule has 0 saturated carbocycles. The summed E-state index contributed by atoms with van der Waals surface area (Å²) >= 11 is 0. The zero-order valence-corrected chi connectivity index (χ0v) is 15.5. The first-order valence-electron chi connectivity index (χ1n) is 8.69. The fourth-order valence-electron chi connectivity index (χ4n) is 2.38. The van der Waals surface area contributed by atoms with Gasteiger partial charge in [-0.2, -0.15) is 0 Å². The smallest absolute Gasteiger partial charge is 0.365 e. The van der Waals surface area contributed by atoms with Crippen LogP contribution in [-0.4, -0.2) is 16.7 Å². The lowest BCUT2D eigenvalue weighted by atomic mass is 10.1. The van der Waals surface area contributed by atoms with Crippen LogP contribution < -0.4 is 10.5 Å². The monoisotopic (exact) mass is 409 g/mol. The summed E-state index contributed by atoms with van der Waals surface area (Å²) in [5.74, 6) is -0.633. The first kappa shape index (κ1) is 20.5. The molecule has 0 aliphatic rings. The summed E-state index contributed by atoms with van der Waals surface area (Å²) in [7, 11) is 0. The highest BCUT2D eigenvalue weighted by molar-refractivity contribution is 5.98. The average Bonchev–Trinajstić information content (AvgIpc) is 2.77. The SMILES string of the molecule is N/C(=N\OC(=O)c1ccc(COc2ccc(F)cc2)cc1)c1ccc([N+](=O)[O-])cc1. The van der Waals surface area contributed by atoms with Crippen LogP contribution in [-0.2, 0) is 11.4 Å². The molecule has 3 aromatic rings. The molecule has 0 bridgehead atoms. The third-order valence-corrected chi connectivity index (χ3v) is 4.01. The van der Waals surface area contributed by atoms with Gasteiger partial charge >= 0.3 is 5.97 Å². The van der Waals surface area contributed by atoms with Gasteiger partial charge in [0.15, 0.2) is 5.84 Å². The number of nitro benzene ring substituents is 1. The van der Waals surface area contributed by atoms with Crippen molar-refractivity contribution in [2.24, 2.45) is 10.9 Å². The highest BCUT2D eigenvalue weighted by Gasteiger charge is 2.10. The van der Waals surface area contributed by atoms with Gasteiger partial charge in [0.25, 0.3) is 5.69 Å². The maximum atomic E-state index is 12.9. The highest BCUT2D eigenvalue weighted by Crippen LogP contribution is 2.15. The summed E-state index contributed by atoms with van der Waals surface area (Å²) < 4.78 is 18.4. The Labute approximate surface area is 170 Å². The highest BCUT2D eigenvalue weighted by atomic mass is 19.1. The molecule has 0 unspecified atom stereocenters. The van der Waals surface area contributed by atoms with E-state index in [0.717, 1.165) is 5.56 Å². The fourth-order valence-corrected chi connectivity index (χ4v) is 2.38. The second-order valence-electron chi connectivity index (χ2n) is 6.10. The van der Waals surface area contributed by atoms with E-state index in [1.807, 2.05) is 0 Å². The minimum atomic E-state index is -0.717. The number of hydrogen-bond donors (Lipinski definition) is 1. The zero-order chi connectivity index (χ0) is 21.5. The van der Waals surface area contributed by atoms with Crippen LogP contribution in [0, 0.1) is 15.9 Å². The zero-order valence-electron chi connectivity index (χ0n) is 15.5. The van der Waals surface area contributed by atoms with Crippen LogP contribution >= 0.6 is 0 Å². The predicted molar refractivity (Wildman–Crippen MR) is 106 cm³/mol. The number of non-ortho nitro benzene ring substituents is 1. The molecule has 152 valence electrons. The summed E-state index contributed by atoms with van der Waals surface area (Å²) in [5, 5.41) is 14.2. The molecule has 30 heavy (non-hydrogen) atoms. The van der Waals surface area contributed by atoms with E-state index in [2.05, 4.69) is 5.16 Å². The molecule has 0 radical (unpaired) electrons.